The molecular weight excluding hydrogens is 416 g/mol. The van der Waals surface area contributed by atoms with Crippen molar-refractivity contribution in [3.05, 3.63) is 87.9 Å². The number of carbonyl (C=O) groups excluding carboxylic acids is 1. The number of aryl methyl sites for hydroxylation is 2. The molecule has 0 aliphatic heterocycles. The molecule has 150 valence electrons. The second-order valence-electron chi connectivity index (χ2n) is 6.92. The zero-order valence-corrected chi connectivity index (χ0v) is 18.1. The van der Waals surface area contributed by atoms with Gasteiger partial charge in [0.1, 0.15) is 0 Å². The van der Waals surface area contributed by atoms with Crippen LogP contribution in [0, 0.1) is 13.8 Å². The second kappa shape index (κ2) is 8.73. The molecule has 0 fully saturated rings. The van der Waals surface area contributed by atoms with Gasteiger partial charge in [-0.3, -0.25) is 14.8 Å². The molecule has 1 aromatic carbocycles. The molecule has 4 rings (SSSR count). The smallest absolute Gasteiger partial charge is 0.280 e. The van der Waals surface area contributed by atoms with E-state index in [1.165, 1.54) is 11.3 Å². The standard InChI is InChI=1S/C23H19ClN4OS/c1-14-8-16(11-26-21(14)18-6-7-25-15(2)9-18)12-27-22(29)23-28-13-20(30-23)17-4-3-5-19(24)10-17/h3-11,13H,12H2,1-2H3,(H,27,29). The molecule has 0 spiro atoms. The fourth-order valence-corrected chi connectivity index (χ4v) is 4.16. The van der Waals surface area contributed by atoms with Crippen LogP contribution in [0.5, 0.6) is 0 Å². The highest BCUT2D eigenvalue weighted by Gasteiger charge is 2.13. The van der Waals surface area contributed by atoms with Crippen LogP contribution in [0.25, 0.3) is 21.7 Å². The summed E-state index contributed by atoms with van der Waals surface area (Å²) in [4.78, 5) is 26.5. The van der Waals surface area contributed by atoms with Gasteiger partial charge in [-0.05, 0) is 54.8 Å². The first-order valence-electron chi connectivity index (χ1n) is 9.38. The summed E-state index contributed by atoms with van der Waals surface area (Å²) in [6.45, 7) is 4.36. The summed E-state index contributed by atoms with van der Waals surface area (Å²) in [6.07, 6.45) is 5.27. The first-order chi connectivity index (χ1) is 14.5. The molecule has 1 amide bonds. The molecule has 4 aromatic rings. The van der Waals surface area contributed by atoms with Gasteiger partial charge in [-0.15, -0.1) is 11.3 Å². The predicted molar refractivity (Wildman–Crippen MR) is 121 cm³/mol. The van der Waals surface area contributed by atoms with Crippen LogP contribution < -0.4 is 5.32 Å². The number of nitrogens with zero attached hydrogens (tertiary/aromatic N) is 3. The number of carbonyl (C=O) groups is 1. The first kappa shape index (κ1) is 20.2. The van der Waals surface area contributed by atoms with Gasteiger partial charge < -0.3 is 5.32 Å². The molecule has 0 aliphatic rings. The number of rotatable bonds is 5. The molecule has 0 saturated heterocycles. The molecule has 0 saturated carbocycles. The summed E-state index contributed by atoms with van der Waals surface area (Å²) < 4.78 is 0. The van der Waals surface area contributed by atoms with E-state index >= 15 is 0 Å². The summed E-state index contributed by atoms with van der Waals surface area (Å²) in [6, 6.07) is 13.5. The van der Waals surface area contributed by atoms with Crippen molar-refractivity contribution < 1.29 is 4.79 Å². The van der Waals surface area contributed by atoms with Crippen molar-refractivity contribution in [2.45, 2.75) is 20.4 Å². The minimum absolute atomic E-state index is 0.209. The molecule has 1 N–H and O–H groups in total. The minimum atomic E-state index is -0.209. The Morgan fingerprint density at radius 2 is 1.90 bits per heavy atom. The maximum absolute atomic E-state index is 12.5. The zero-order valence-electron chi connectivity index (χ0n) is 16.5. The van der Waals surface area contributed by atoms with Crippen LogP contribution in [0.4, 0.5) is 0 Å². The van der Waals surface area contributed by atoms with Crippen LogP contribution in [0.3, 0.4) is 0 Å². The third kappa shape index (κ3) is 4.56. The van der Waals surface area contributed by atoms with Crippen molar-refractivity contribution in [3.8, 4) is 21.7 Å². The average molecular weight is 435 g/mol. The number of pyridine rings is 2. The lowest BCUT2D eigenvalue weighted by molar-refractivity contribution is 0.0950. The topological polar surface area (TPSA) is 67.8 Å². The summed E-state index contributed by atoms with van der Waals surface area (Å²) in [7, 11) is 0. The maximum atomic E-state index is 12.5. The van der Waals surface area contributed by atoms with Crippen molar-refractivity contribution in [3.63, 3.8) is 0 Å². The number of halogens is 1. The lowest BCUT2D eigenvalue weighted by atomic mass is 10.1. The highest BCUT2D eigenvalue weighted by Crippen LogP contribution is 2.28. The van der Waals surface area contributed by atoms with Crippen molar-refractivity contribution in [2.24, 2.45) is 0 Å². The number of hydrogen-bond acceptors (Lipinski definition) is 5. The van der Waals surface area contributed by atoms with Crippen LogP contribution in [-0.4, -0.2) is 20.9 Å². The SMILES string of the molecule is Cc1cc(-c2ncc(CNC(=O)c3ncc(-c4cccc(Cl)c4)s3)cc2C)ccn1. The first-order valence-corrected chi connectivity index (χ1v) is 10.6. The van der Waals surface area contributed by atoms with Gasteiger partial charge in [0.15, 0.2) is 5.01 Å². The Morgan fingerprint density at radius 3 is 2.67 bits per heavy atom. The minimum Gasteiger partial charge on any atom is -0.346 e. The molecule has 0 atom stereocenters. The molecule has 0 unspecified atom stereocenters. The third-order valence-electron chi connectivity index (χ3n) is 4.57. The van der Waals surface area contributed by atoms with Crippen molar-refractivity contribution in [2.75, 3.05) is 0 Å². The van der Waals surface area contributed by atoms with E-state index in [1.807, 2.05) is 56.3 Å². The van der Waals surface area contributed by atoms with E-state index in [4.69, 9.17) is 11.6 Å². The summed E-state index contributed by atoms with van der Waals surface area (Å²) >= 11 is 7.39. The Hall–Kier alpha value is -3.09. The maximum Gasteiger partial charge on any atom is 0.280 e. The number of nitrogens with one attached hydrogen (secondary N) is 1. The van der Waals surface area contributed by atoms with Crippen molar-refractivity contribution >= 4 is 28.8 Å². The molecular formula is C23H19ClN4OS. The Balaban J connectivity index is 1.44. The van der Waals surface area contributed by atoms with Crippen LogP contribution in [0.15, 0.2) is 61.1 Å². The van der Waals surface area contributed by atoms with Crippen molar-refractivity contribution in [1.82, 2.24) is 20.3 Å². The number of amides is 1. The predicted octanol–water partition coefficient (Wildman–Crippen LogP) is 5.47. The number of hydrogen-bond donors (Lipinski definition) is 1. The fraction of sp³-hybridized carbons (Fsp3) is 0.130. The van der Waals surface area contributed by atoms with E-state index in [-0.39, 0.29) is 5.91 Å². The average Bonchev–Trinajstić information content (AvgIpc) is 3.22. The zero-order chi connectivity index (χ0) is 21.1. The van der Waals surface area contributed by atoms with Crippen LogP contribution in [0.1, 0.15) is 26.6 Å². The van der Waals surface area contributed by atoms with Crippen LogP contribution in [-0.2, 0) is 6.54 Å². The molecule has 0 aliphatic carbocycles. The molecule has 0 bridgehead atoms. The molecule has 3 heterocycles. The Morgan fingerprint density at radius 1 is 1.03 bits per heavy atom. The van der Waals surface area contributed by atoms with Gasteiger partial charge in [-0.25, -0.2) is 4.98 Å². The van der Waals surface area contributed by atoms with Gasteiger partial charge in [0.25, 0.3) is 5.91 Å². The normalized spacial score (nSPS) is 10.8. The highest BCUT2D eigenvalue weighted by molar-refractivity contribution is 7.17. The summed E-state index contributed by atoms with van der Waals surface area (Å²) in [5.74, 6) is -0.209. The van der Waals surface area contributed by atoms with Crippen LogP contribution >= 0.6 is 22.9 Å². The molecule has 5 nitrogen and oxygen atoms in total. The molecule has 7 heteroatoms. The van der Waals surface area contributed by atoms with Gasteiger partial charge in [0, 0.05) is 41.4 Å². The number of benzene rings is 1. The molecule has 3 aromatic heterocycles. The lowest BCUT2D eigenvalue weighted by Gasteiger charge is -2.09. The molecule has 0 radical (unpaired) electrons. The van der Waals surface area contributed by atoms with Gasteiger partial charge in [0.05, 0.1) is 10.6 Å². The summed E-state index contributed by atoms with van der Waals surface area (Å²) in [5.41, 5.74) is 5.83. The van der Waals surface area contributed by atoms with E-state index in [9.17, 15) is 4.79 Å². The van der Waals surface area contributed by atoms with Gasteiger partial charge in [-0.1, -0.05) is 29.8 Å². The fourth-order valence-electron chi connectivity index (χ4n) is 3.14. The van der Waals surface area contributed by atoms with Crippen molar-refractivity contribution in [1.29, 1.82) is 0 Å². The van der Waals surface area contributed by atoms with Crippen LogP contribution in [0.2, 0.25) is 5.02 Å². The van der Waals surface area contributed by atoms with E-state index in [2.05, 4.69) is 20.3 Å². The number of aromatic nitrogens is 3. The van der Waals surface area contributed by atoms with E-state index in [0.29, 0.717) is 16.6 Å². The van der Waals surface area contributed by atoms with Gasteiger partial charge >= 0.3 is 0 Å². The summed E-state index contributed by atoms with van der Waals surface area (Å²) in [5, 5.41) is 3.99. The monoisotopic (exact) mass is 434 g/mol. The van der Waals surface area contributed by atoms with E-state index in [0.717, 1.165) is 38.5 Å². The number of thiazole rings is 1. The van der Waals surface area contributed by atoms with E-state index < -0.39 is 0 Å². The quantitative estimate of drug-likeness (QED) is 0.452. The highest BCUT2D eigenvalue weighted by atomic mass is 35.5. The Kier molecular flexibility index (Phi) is 5.88. The third-order valence-corrected chi connectivity index (χ3v) is 5.85. The Bertz CT molecular complexity index is 1220. The van der Waals surface area contributed by atoms with Gasteiger partial charge in [-0.2, -0.15) is 0 Å². The van der Waals surface area contributed by atoms with E-state index in [1.54, 1.807) is 18.6 Å². The largest absolute Gasteiger partial charge is 0.346 e. The lowest BCUT2D eigenvalue weighted by Crippen LogP contribution is -2.22. The Labute approximate surface area is 183 Å². The van der Waals surface area contributed by atoms with Gasteiger partial charge in [0.2, 0.25) is 0 Å². The second-order valence-corrected chi connectivity index (χ2v) is 8.38. The molecule has 30 heavy (non-hydrogen) atoms.